The van der Waals surface area contributed by atoms with Crippen LogP contribution in [0.25, 0.3) is 0 Å². The van der Waals surface area contributed by atoms with E-state index < -0.39 is 5.76 Å². The number of piperidine rings is 1. The van der Waals surface area contributed by atoms with Gasteiger partial charge in [0.2, 0.25) is 0 Å². The number of alkyl halides is 2. The van der Waals surface area contributed by atoms with Crippen molar-refractivity contribution in [2.45, 2.75) is 49.3 Å². The molecule has 0 unspecified atom stereocenters. The molecular formula is C18H22F2N4OS2. The number of halogens is 2. The molecular weight excluding hydrogens is 390 g/mol. The smallest absolute Gasteiger partial charge is 0.288 e. The van der Waals surface area contributed by atoms with Crippen molar-refractivity contribution < 1.29 is 13.6 Å². The van der Waals surface area contributed by atoms with Gasteiger partial charge in [-0.3, -0.25) is 9.89 Å². The topological polar surface area (TPSA) is 53.9 Å². The van der Waals surface area contributed by atoms with E-state index in [2.05, 4.69) is 24.0 Å². The number of carbonyl (C=O) groups is 1. The van der Waals surface area contributed by atoms with Gasteiger partial charge in [0.15, 0.2) is 4.77 Å². The van der Waals surface area contributed by atoms with Crippen molar-refractivity contribution >= 4 is 29.9 Å². The molecule has 0 saturated carbocycles. The van der Waals surface area contributed by atoms with E-state index in [1.54, 1.807) is 24.3 Å². The molecule has 0 atom stereocenters. The Bertz CT molecular complexity index is 840. The maximum absolute atomic E-state index is 12.7. The fourth-order valence-corrected chi connectivity index (χ4v) is 4.26. The number of benzene rings is 1. The van der Waals surface area contributed by atoms with Crippen molar-refractivity contribution in [2.75, 3.05) is 13.1 Å². The molecule has 1 saturated heterocycles. The predicted octanol–water partition coefficient (Wildman–Crippen LogP) is 4.86. The Morgan fingerprint density at radius 2 is 1.89 bits per heavy atom. The van der Waals surface area contributed by atoms with Gasteiger partial charge in [-0.2, -0.15) is 13.9 Å². The Morgan fingerprint density at radius 1 is 1.26 bits per heavy atom. The Morgan fingerprint density at radius 3 is 2.44 bits per heavy atom. The highest BCUT2D eigenvalue weighted by atomic mass is 32.2. The number of hydrogen-bond donors (Lipinski definition) is 1. The first kappa shape index (κ1) is 20.0. The van der Waals surface area contributed by atoms with Crippen molar-refractivity contribution in [3.63, 3.8) is 0 Å². The third-order valence-corrected chi connectivity index (χ3v) is 5.73. The molecule has 146 valence electrons. The molecule has 1 aromatic heterocycles. The Kier molecular flexibility index (Phi) is 6.31. The van der Waals surface area contributed by atoms with Crippen LogP contribution in [0.4, 0.5) is 8.78 Å². The summed E-state index contributed by atoms with van der Waals surface area (Å²) in [5.74, 6) is -1.31. The van der Waals surface area contributed by atoms with Crippen molar-refractivity contribution in [2.24, 2.45) is 0 Å². The molecule has 1 aromatic carbocycles. The molecule has 1 amide bonds. The summed E-state index contributed by atoms with van der Waals surface area (Å²) in [4.78, 5) is 15.0. The number of hydrogen-bond acceptors (Lipinski definition) is 4. The third-order valence-electron chi connectivity index (χ3n) is 4.72. The summed E-state index contributed by atoms with van der Waals surface area (Å²) < 4.78 is 27.5. The largest absolute Gasteiger partial charge is 0.339 e. The van der Waals surface area contributed by atoms with E-state index in [1.807, 2.05) is 9.47 Å². The van der Waals surface area contributed by atoms with Crippen LogP contribution in [0.15, 0.2) is 29.2 Å². The van der Waals surface area contributed by atoms with Gasteiger partial charge >= 0.3 is 0 Å². The first-order valence-corrected chi connectivity index (χ1v) is 10.2. The molecule has 0 radical (unpaired) electrons. The van der Waals surface area contributed by atoms with Crippen LogP contribution >= 0.6 is 24.0 Å². The second kappa shape index (κ2) is 8.52. The number of rotatable bonds is 5. The fourth-order valence-electron chi connectivity index (χ4n) is 3.41. The van der Waals surface area contributed by atoms with Crippen LogP contribution in [0.2, 0.25) is 0 Å². The molecule has 0 aliphatic carbocycles. The molecule has 9 heteroatoms. The number of likely N-dealkylation sites (tertiary alicyclic amines) is 1. The van der Waals surface area contributed by atoms with Crippen LogP contribution in [0.1, 0.15) is 54.8 Å². The van der Waals surface area contributed by atoms with Crippen LogP contribution in [0.5, 0.6) is 0 Å². The highest BCUT2D eigenvalue weighted by molar-refractivity contribution is 7.99. The van der Waals surface area contributed by atoms with Gasteiger partial charge in [0.1, 0.15) is 5.82 Å². The van der Waals surface area contributed by atoms with E-state index in [0.29, 0.717) is 40.1 Å². The number of nitrogens with one attached hydrogen (secondary N) is 1. The summed E-state index contributed by atoms with van der Waals surface area (Å²) in [6.07, 6.45) is 1.63. The van der Waals surface area contributed by atoms with Gasteiger partial charge in [-0.25, -0.2) is 0 Å². The highest BCUT2D eigenvalue weighted by Gasteiger charge is 2.28. The number of carbonyl (C=O) groups excluding carboxylic acids is 1. The third kappa shape index (κ3) is 4.57. The summed E-state index contributed by atoms with van der Waals surface area (Å²) >= 11 is 5.79. The fraction of sp³-hybridized carbons (Fsp3) is 0.500. The zero-order chi connectivity index (χ0) is 19.6. The second-order valence-corrected chi connectivity index (χ2v) is 8.27. The molecule has 2 aromatic rings. The molecule has 5 nitrogen and oxygen atoms in total. The highest BCUT2D eigenvalue weighted by Crippen LogP contribution is 2.30. The van der Waals surface area contributed by atoms with Gasteiger partial charge in [0.05, 0.1) is 0 Å². The lowest BCUT2D eigenvalue weighted by molar-refractivity contribution is 0.0710. The van der Waals surface area contributed by atoms with Crippen LogP contribution in [-0.4, -0.2) is 44.4 Å². The van der Waals surface area contributed by atoms with Crippen molar-refractivity contribution in [1.29, 1.82) is 0 Å². The lowest BCUT2D eigenvalue weighted by Crippen LogP contribution is -2.38. The van der Waals surface area contributed by atoms with Gasteiger partial charge < -0.3 is 9.47 Å². The normalized spacial score (nSPS) is 15.7. The van der Waals surface area contributed by atoms with E-state index in [0.717, 1.165) is 18.7 Å². The summed E-state index contributed by atoms with van der Waals surface area (Å²) in [6.45, 7) is 5.41. The van der Waals surface area contributed by atoms with Gasteiger partial charge in [-0.05, 0) is 63.2 Å². The average molecular weight is 413 g/mol. The minimum atomic E-state index is -2.46. The zero-order valence-electron chi connectivity index (χ0n) is 15.2. The molecule has 3 rings (SSSR count). The van der Waals surface area contributed by atoms with Gasteiger partial charge in [0.25, 0.3) is 11.7 Å². The number of H-pyrrole nitrogens is 1. The Balaban J connectivity index is 1.64. The average Bonchev–Trinajstić information content (AvgIpc) is 3.03. The summed E-state index contributed by atoms with van der Waals surface area (Å²) in [6, 6.07) is 6.59. The maximum atomic E-state index is 12.7. The summed E-state index contributed by atoms with van der Waals surface area (Å²) in [5.41, 5.74) is 0.525. The second-order valence-electron chi connectivity index (χ2n) is 6.82. The minimum absolute atomic E-state index is 0.0650. The first-order valence-electron chi connectivity index (χ1n) is 8.87. The summed E-state index contributed by atoms with van der Waals surface area (Å²) in [5, 5.41) is 7.28. The molecule has 0 spiro atoms. The SMILES string of the molecule is CC(C)n1c(C2CCN(C(=O)c3ccc(SC(F)F)cc3)CC2)n[nH]c1=S. The van der Waals surface area contributed by atoms with E-state index in [1.165, 1.54) is 0 Å². The number of aromatic nitrogens is 3. The standard InChI is InChI=1S/C18H22F2N4OS2/c1-11(2)24-15(21-22-18(24)26)12-7-9-23(10-8-12)16(25)13-3-5-14(6-4-13)27-17(19)20/h3-6,11-12,17H,7-10H2,1-2H3,(H,22,26). The van der Waals surface area contributed by atoms with Crippen LogP contribution < -0.4 is 0 Å². The number of thioether (sulfide) groups is 1. The molecule has 0 bridgehead atoms. The van der Waals surface area contributed by atoms with E-state index in [4.69, 9.17) is 12.2 Å². The van der Waals surface area contributed by atoms with E-state index in [-0.39, 0.29) is 17.9 Å². The number of aromatic amines is 1. The molecule has 1 aliphatic rings. The van der Waals surface area contributed by atoms with E-state index in [9.17, 15) is 13.6 Å². The zero-order valence-corrected chi connectivity index (χ0v) is 16.8. The van der Waals surface area contributed by atoms with E-state index >= 15 is 0 Å². The van der Waals surface area contributed by atoms with Crippen LogP contribution in [0, 0.1) is 4.77 Å². The van der Waals surface area contributed by atoms with Crippen LogP contribution in [0.3, 0.4) is 0 Å². The minimum Gasteiger partial charge on any atom is -0.339 e. The van der Waals surface area contributed by atoms with Crippen molar-refractivity contribution in [3.8, 4) is 0 Å². The van der Waals surface area contributed by atoms with Crippen molar-refractivity contribution in [3.05, 3.63) is 40.4 Å². The maximum Gasteiger partial charge on any atom is 0.288 e. The molecule has 1 aliphatic heterocycles. The predicted molar refractivity (Wildman–Crippen MR) is 104 cm³/mol. The molecule has 1 N–H and O–H groups in total. The Hall–Kier alpha value is -1.74. The van der Waals surface area contributed by atoms with Gasteiger partial charge in [-0.15, -0.1) is 0 Å². The number of amides is 1. The molecule has 27 heavy (non-hydrogen) atoms. The van der Waals surface area contributed by atoms with Gasteiger partial charge in [0, 0.05) is 35.5 Å². The summed E-state index contributed by atoms with van der Waals surface area (Å²) in [7, 11) is 0. The number of nitrogens with zero attached hydrogens (tertiary/aromatic N) is 3. The first-order chi connectivity index (χ1) is 12.9. The molecule has 2 heterocycles. The lowest BCUT2D eigenvalue weighted by Gasteiger charge is -2.32. The lowest BCUT2D eigenvalue weighted by atomic mass is 9.95. The van der Waals surface area contributed by atoms with Gasteiger partial charge in [-0.1, -0.05) is 11.8 Å². The van der Waals surface area contributed by atoms with Crippen molar-refractivity contribution in [1.82, 2.24) is 19.7 Å². The van der Waals surface area contributed by atoms with Crippen LogP contribution in [-0.2, 0) is 0 Å². The molecule has 1 fully saturated rings. The monoisotopic (exact) mass is 412 g/mol. The quantitative estimate of drug-likeness (QED) is 0.563. The Labute approximate surface area is 166 Å².